The van der Waals surface area contributed by atoms with E-state index in [0.29, 0.717) is 12.0 Å². The van der Waals surface area contributed by atoms with Gasteiger partial charge in [0.2, 0.25) is 0 Å². The van der Waals surface area contributed by atoms with Crippen molar-refractivity contribution in [1.29, 1.82) is 0 Å². The normalized spacial score (nSPS) is 10.3. The van der Waals surface area contributed by atoms with E-state index in [1.165, 1.54) is 6.42 Å². The molecule has 6 heteroatoms. The van der Waals surface area contributed by atoms with Crippen molar-refractivity contribution in [1.82, 2.24) is 0 Å². The second-order valence-electron chi connectivity index (χ2n) is 5.40. The maximum absolute atomic E-state index is 11.6. The van der Waals surface area contributed by atoms with Crippen LogP contribution < -0.4 is 0 Å². The maximum atomic E-state index is 11.6. The van der Waals surface area contributed by atoms with E-state index in [9.17, 15) is 19.8 Å². The van der Waals surface area contributed by atoms with Gasteiger partial charge in [0, 0.05) is 0 Å². The number of carboxylic acids is 2. The Hall–Kier alpha value is 0.796. The average molecular weight is 356 g/mol. The Bertz CT molecular complexity index is 451. The summed E-state index contributed by atoms with van der Waals surface area (Å²) in [6.07, 6.45) is 6.08. The Morgan fingerprint density at radius 3 is 1.87 bits per heavy atom. The van der Waals surface area contributed by atoms with Crippen LogP contribution >= 0.6 is 0 Å². The van der Waals surface area contributed by atoms with Crippen molar-refractivity contribution in [3.8, 4) is 0 Å². The molecule has 0 saturated carbocycles. The molecule has 0 aliphatic carbocycles. The van der Waals surface area contributed by atoms with Crippen LogP contribution in [0.2, 0.25) is 0 Å². The zero-order chi connectivity index (χ0) is 15.7. The number of carbonyl (C=O) groups is 2. The van der Waals surface area contributed by atoms with Crippen LogP contribution in [0, 0.1) is 0 Å². The second kappa shape index (κ2) is 14.0. The first-order valence-corrected chi connectivity index (χ1v) is 7.58. The summed E-state index contributed by atoms with van der Waals surface area (Å²) in [4.78, 5) is 23.3. The monoisotopic (exact) mass is 356 g/mol. The Morgan fingerprint density at radius 1 is 0.913 bits per heavy atom. The summed E-state index contributed by atoms with van der Waals surface area (Å²) < 4.78 is 0. The first-order chi connectivity index (χ1) is 10.1. The van der Waals surface area contributed by atoms with Gasteiger partial charge in [-0.2, -0.15) is 0 Å². The van der Waals surface area contributed by atoms with Crippen LogP contribution in [0.4, 0.5) is 0 Å². The fourth-order valence-electron chi connectivity index (χ4n) is 2.59. The number of hydrogen-bond acceptors (Lipinski definition) is 2. The molecule has 0 radical (unpaired) electrons. The van der Waals surface area contributed by atoms with Crippen molar-refractivity contribution in [3.05, 3.63) is 35.9 Å². The molecule has 2 N–H and O–H groups in total. The van der Waals surface area contributed by atoms with E-state index in [1.807, 2.05) is 0 Å². The Labute approximate surface area is 203 Å². The quantitative estimate of drug-likeness (QED) is 0.384. The van der Waals surface area contributed by atoms with Gasteiger partial charge in [-0.05, 0) is 12.0 Å². The summed E-state index contributed by atoms with van der Waals surface area (Å²) in [5.41, 5.74) is -1.48. The van der Waals surface area contributed by atoms with Crippen LogP contribution in [0.5, 0.6) is 0 Å². The fourth-order valence-corrected chi connectivity index (χ4v) is 2.59. The van der Waals surface area contributed by atoms with Crippen molar-refractivity contribution in [3.63, 3.8) is 0 Å². The van der Waals surface area contributed by atoms with Gasteiger partial charge in [0.25, 0.3) is 0 Å². The summed E-state index contributed by atoms with van der Waals surface area (Å²) in [5.74, 6) is -2.57. The number of benzene rings is 1. The van der Waals surface area contributed by atoms with Crippen molar-refractivity contribution in [2.24, 2.45) is 0 Å². The molecule has 0 bridgehead atoms. The molecule has 0 fully saturated rings. The van der Waals surface area contributed by atoms with Crippen molar-refractivity contribution < 1.29 is 19.8 Å². The Kier molecular flexibility index (Phi) is 15.9. The first kappa shape index (κ1) is 26.0. The molecule has 0 aliphatic heterocycles. The van der Waals surface area contributed by atoms with Crippen LogP contribution in [-0.2, 0) is 15.0 Å². The predicted octanol–water partition coefficient (Wildman–Crippen LogP) is 2.55. The van der Waals surface area contributed by atoms with E-state index in [2.05, 4.69) is 6.92 Å². The number of aliphatic carboxylic acids is 2. The summed E-state index contributed by atoms with van der Waals surface area (Å²) in [7, 11) is 0. The van der Waals surface area contributed by atoms with Crippen LogP contribution in [0.25, 0.3) is 0 Å². The summed E-state index contributed by atoms with van der Waals surface area (Å²) >= 11 is 0. The Balaban J connectivity index is 0. The molecular formula is C17H26KNaO4. The van der Waals surface area contributed by atoms with Gasteiger partial charge in [-0.25, -0.2) is 0 Å². The third-order valence-electron chi connectivity index (χ3n) is 3.90. The zero-order valence-electron chi connectivity index (χ0n) is 12.5. The predicted molar refractivity (Wildman–Crippen MR) is 95.7 cm³/mol. The number of rotatable bonds is 10. The van der Waals surface area contributed by atoms with Gasteiger partial charge < -0.3 is 10.2 Å². The topological polar surface area (TPSA) is 74.6 Å². The summed E-state index contributed by atoms with van der Waals surface area (Å²) in [6, 6.07) is 8.27. The molecule has 1 rings (SSSR count). The molecule has 120 valence electrons. The van der Waals surface area contributed by atoms with Gasteiger partial charge in [-0.1, -0.05) is 75.8 Å². The van der Waals surface area contributed by atoms with Gasteiger partial charge in [-0.3, -0.25) is 9.59 Å². The average Bonchev–Trinajstić information content (AvgIpc) is 2.47. The van der Waals surface area contributed by atoms with Crippen molar-refractivity contribution in [2.75, 3.05) is 0 Å². The van der Waals surface area contributed by atoms with E-state index in [4.69, 9.17) is 0 Å². The number of unbranched alkanes of at least 4 members (excludes halogenated alkanes) is 5. The van der Waals surface area contributed by atoms with Crippen molar-refractivity contribution >= 4 is 92.9 Å². The molecule has 0 unspecified atom stereocenters. The molecular weight excluding hydrogens is 330 g/mol. The van der Waals surface area contributed by atoms with Crippen LogP contribution in [-0.4, -0.2) is 103 Å². The van der Waals surface area contributed by atoms with E-state index in [0.717, 1.165) is 25.7 Å². The van der Waals surface area contributed by atoms with Gasteiger partial charge in [-0.15, -0.1) is 0 Å². The second-order valence-corrected chi connectivity index (χ2v) is 5.40. The molecule has 1 aromatic rings. The van der Waals surface area contributed by atoms with Gasteiger partial charge >= 0.3 is 92.9 Å². The minimum atomic E-state index is -1.83. The van der Waals surface area contributed by atoms with Gasteiger partial charge in [0.05, 0.1) is 0 Å². The molecule has 0 saturated heterocycles. The summed E-state index contributed by atoms with van der Waals surface area (Å²) in [6.45, 7) is 2.13. The van der Waals surface area contributed by atoms with Gasteiger partial charge in [0.15, 0.2) is 5.41 Å². The third kappa shape index (κ3) is 7.69. The van der Waals surface area contributed by atoms with E-state index >= 15 is 0 Å². The SMILES string of the molecule is CCCCCCCCC(C(=O)O)(C(=O)O)c1ccccc1.[KH].[NaH]. The zero-order valence-corrected chi connectivity index (χ0v) is 12.5. The molecule has 4 nitrogen and oxygen atoms in total. The standard InChI is InChI=1S/C17H24O4.K.Na.2H/c1-2-3-4-5-6-10-13-17(15(18)19,16(20)21)14-11-8-7-9-12-14;;;;/h7-9,11-12H,2-6,10,13H2,1H3,(H,18,19)(H,20,21);;;;. The minimum absolute atomic E-state index is 0. The molecule has 23 heavy (non-hydrogen) atoms. The van der Waals surface area contributed by atoms with Crippen LogP contribution in [0.15, 0.2) is 30.3 Å². The fraction of sp³-hybridized carbons (Fsp3) is 0.529. The molecule has 1 aromatic carbocycles. The first-order valence-electron chi connectivity index (χ1n) is 7.58. The van der Waals surface area contributed by atoms with E-state index < -0.39 is 17.4 Å². The molecule has 0 amide bonds. The molecule has 0 atom stereocenters. The van der Waals surface area contributed by atoms with Crippen LogP contribution in [0.1, 0.15) is 57.4 Å². The van der Waals surface area contributed by atoms with E-state index in [1.54, 1.807) is 30.3 Å². The molecule has 0 heterocycles. The van der Waals surface area contributed by atoms with E-state index in [-0.39, 0.29) is 87.4 Å². The summed E-state index contributed by atoms with van der Waals surface area (Å²) in [5, 5.41) is 19.0. The Morgan fingerprint density at radius 2 is 1.39 bits per heavy atom. The van der Waals surface area contributed by atoms with Gasteiger partial charge in [0.1, 0.15) is 0 Å². The molecule has 0 aliphatic rings. The third-order valence-corrected chi connectivity index (χ3v) is 3.90. The van der Waals surface area contributed by atoms with Crippen molar-refractivity contribution in [2.45, 2.75) is 57.3 Å². The van der Waals surface area contributed by atoms with Crippen LogP contribution in [0.3, 0.4) is 0 Å². The number of carboxylic acid groups (broad SMARTS) is 2. The molecule has 0 aromatic heterocycles. The number of hydrogen-bond donors (Lipinski definition) is 2. The molecule has 0 spiro atoms.